The van der Waals surface area contributed by atoms with Crippen LogP contribution in [0.15, 0.2) is 0 Å². The maximum absolute atomic E-state index is 10.6. The molecule has 17 heavy (non-hydrogen) atoms. The third kappa shape index (κ3) is 3.01. The average Bonchev–Trinajstić information content (AvgIpc) is 2.25. The second-order valence-electron chi connectivity index (χ2n) is 6.84. The standard InChI is InChI=1S/C14H29NO2/c1-5-13(4,17)9-14(10-15)8-6-7-12(2,3)11(14)16/h11,16-17H,5-10,15H2,1-4H3. The zero-order valence-electron chi connectivity index (χ0n) is 11.8. The maximum Gasteiger partial charge on any atom is 0.0660 e. The van der Waals surface area contributed by atoms with E-state index in [-0.39, 0.29) is 10.8 Å². The first-order valence-corrected chi connectivity index (χ1v) is 6.80. The summed E-state index contributed by atoms with van der Waals surface area (Å²) in [6.45, 7) is 8.47. The van der Waals surface area contributed by atoms with Crippen LogP contribution in [0.3, 0.4) is 0 Å². The molecule has 1 aliphatic rings. The number of hydrogen-bond donors (Lipinski definition) is 3. The summed E-state index contributed by atoms with van der Waals surface area (Å²) < 4.78 is 0. The molecule has 4 N–H and O–H groups in total. The van der Waals surface area contributed by atoms with Crippen LogP contribution in [-0.2, 0) is 0 Å². The van der Waals surface area contributed by atoms with Gasteiger partial charge in [0.2, 0.25) is 0 Å². The van der Waals surface area contributed by atoms with Crippen LogP contribution < -0.4 is 5.73 Å². The molecule has 102 valence electrons. The van der Waals surface area contributed by atoms with Gasteiger partial charge in [0.15, 0.2) is 0 Å². The molecule has 1 fully saturated rings. The Balaban J connectivity index is 2.94. The fraction of sp³-hybridized carbons (Fsp3) is 1.00. The Morgan fingerprint density at radius 1 is 1.35 bits per heavy atom. The van der Waals surface area contributed by atoms with Crippen molar-refractivity contribution >= 4 is 0 Å². The van der Waals surface area contributed by atoms with Crippen LogP contribution in [0.25, 0.3) is 0 Å². The van der Waals surface area contributed by atoms with Crippen molar-refractivity contribution in [3.05, 3.63) is 0 Å². The van der Waals surface area contributed by atoms with Crippen molar-refractivity contribution < 1.29 is 10.2 Å². The SMILES string of the molecule is CCC(C)(O)CC1(CN)CCCC(C)(C)C1O. The molecule has 1 saturated carbocycles. The van der Waals surface area contributed by atoms with Gasteiger partial charge in [0.1, 0.15) is 0 Å². The van der Waals surface area contributed by atoms with Crippen molar-refractivity contribution in [2.24, 2.45) is 16.6 Å². The van der Waals surface area contributed by atoms with Crippen molar-refractivity contribution in [1.82, 2.24) is 0 Å². The molecule has 1 aliphatic carbocycles. The zero-order valence-corrected chi connectivity index (χ0v) is 11.8. The smallest absolute Gasteiger partial charge is 0.0660 e. The highest BCUT2D eigenvalue weighted by molar-refractivity contribution is 5.01. The predicted molar refractivity (Wildman–Crippen MR) is 70.7 cm³/mol. The quantitative estimate of drug-likeness (QED) is 0.708. The van der Waals surface area contributed by atoms with Gasteiger partial charge in [-0.25, -0.2) is 0 Å². The predicted octanol–water partition coefficient (Wildman–Crippen LogP) is 2.05. The molecular weight excluding hydrogens is 214 g/mol. The van der Waals surface area contributed by atoms with E-state index in [9.17, 15) is 10.2 Å². The number of aliphatic hydroxyl groups is 2. The lowest BCUT2D eigenvalue weighted by Gasteiger charge is -2.51. The fourth-order valence-corrected chi connectivity index (χ4v) is 3.35. The summed E-state index contributed by atoms with van der Waals surface area (Å²) in [5, 5.41) is 20.9. The zero-order chi connectivity index (χ0) is 13.3. The first-order chi connectivity index (χ1) is 7.69. The summed E-state index contributed by atoms with van der Waals surface area (Å²) in [5.74, 6) is 0. The molecule has 0 amide bonds. The van der Waals surface area contributed by atoms with E-state index in [4.69, 9.17) is 5.73 Å². The van der Waals surface area contributed by atoms with Crippen LogP contribution in [0.2, 0.25) is 0 Å². The summed E-state index contributed by atoms with van der Waals surface area (Å²) in [4.78, 5) is 0. The molecule has 3 nitrogen and oxygen atoms in total. The second-order valence-corrected chi connectivity index (χ2v) is 6.84. The summed E-state index contributed by atoms with van der Waals surface area (Å²) in [5.41, 5.74) is 4.80. The number of rotatable bonds is 4. The Morgan fingerprint density at radius 2 is 1.94 bits per heavy atom. The normalized spacial score (nSPS) is 36.5. The van der Waals surface area contributed by atoms with Gasteiger partial charge in [-0.15, -0.1) is 0 Å². The number of hydrogen-bond acceptors (Lipinski definition) is 3. The lowest BCUT2D eigenvalue weighted by molar-refractivity contribution is -0.123. The van der Waals surface area contributed by atoms with Gasteiger partial charge in [0, 0.05) is 12.0 Å². The Bertz CT molecular complexity index is 263. The monoisotopic (exact) mass is 243 g/mol. The minimum absolute atomic E-state index is 0.0958. The molecule has 0 aliphatic heterocycles. The highest BCUT2D eigenvalue weighted by Gasteiger charge is 2.50. The molecule has 0 spiro atoms. The minimum atomic E-state index is -0.728. The van der Waals surface area contributed by atoms with Crippen molar-refractivity contribution in [2.45, 2.75) is 71.5 Å². The van der Waals surface area contributed by atoms with Crippen LogP contribution in [-0.4, -0.2) is 28.5 Å². The van der Waals surface area contributed by atoms with E-state index in [1.807, 2.05) is 13.8 Å². The molecule has 3 heteroatoms. The van der Waals surface area contributed by atoms with Gasteiger partial charge in [-0.1, -0.05) is 27.2 Å². The Hall–Kier alpha value is -0.120. The maximum atomic E-state index is 10.6. The van der Waals surface area contributed by atoms with E-state index >= 15 is 0 Å². The molecule has 0 aromatic rings. The fourth-order valence-electron chi connectivity index (χ4n) is 3.35. The van der Waals surface area contributed by atoms with Crippen LogP contribution in [0, 0.1) is 10.8 Å². The summed E-state index contributed by atoms with van der Waals surface area (Å²) in [6.07, 6.45) is 3.90. The van der Waals surface area contributed by atoms with E-state index in [2.05, 4.69) is 13.8 Å². The molecule has 0 radical (unpaired) electrons. The summed E-state index contributed by atoms with van der Waals surface area (Å²) in [6, 6.07) is 0. The molecule has 0 aromatic heterocycles. The highest BCUT2D eigenvalue weighted by Crippen LogP contribution is 2.49. The van der Waals surface area contributed by atoms with E-state index in [1.54, 1.807) is 0 Å². The molecule has 0 heterocycles. The van der Waals surface area contributed by atoms with Crippen LogP contribution >= 0.6 is 0 Å². The number of nitrogens with two attached hydrogens (primary N) is 1. The van der Waals surface area contributed by atoms with E-state index in [0.717, 1.165) is 19.3 Å². The molecule has 1 rings (SSSR count). The third-order valence-corrected chi connectivity index (χ3v) is 4.72. The topological polar surface area (TPSA) is 66.5 Å². The van der Waals surface area contributed by atoms with Gasteiger partial charge in [0.05, 0.1) is 11.7 Å². The van der Waals surface area contributed by atoms with Gasteiger partial charge in [0.25, 0.3) is 0 Å². The Morgan fingerprint density at radius 3 is 2.41 bits per heavy atom. The van der Waals surface area contributed by atoms with Crippen molar-refractivity contribution in [1.29, 1.82) is 0 Å². The molecule has 0 aromatic carbocycles. The van der Waals surface area contributed by atoms with Crippen molar-refractivity contribution in [3.63, 3.8) is 0 Å². The highest BCUT2D eigenvalue weighted by atomic mass is 16.3. The summed E-state index contributed by atoms with van der Waals surface area (Å²) >= 11 is 0. The van der Waals surface area contributed by atoms with Gasteiger partial charge < -0.3 is 15.9 Å². The summed E-state index contributed by atoms with van der Waals surface area (Å²) in [7, 11) is 0. The van der Waals surface area contributed by atoms with Gasteiger partial charge in [-0.3, -0.25) is 0 Å². The lowest BCUT2D eigenvalue weighted by atomic mass is 9.58. The largest absolute Gasteiger partial charge is 0.392 e. The Kier molecular flexibility index (Phi) is 4.28. The van der Waals surface area contributed by atoms with Gasteiger partial charge in [-0.2, -0.15) is 0 Å². The van der Waals surface area contributed by atoms with E-state index in [1.165, 1.54) is 0 Å². The van der Waals surface area contributed by atoms with Crippen molar-refractivity contribution in [2.75, 3.05) is 6.54 Å². The molecule has 0 bridgehead atoms. The van der Waals surface area contributed by atoms with Gasteiger partial charge >= 0.3 is 0 Å². The van der Waals surface area contributed by atoms with Crippen LogP contribution in [0.1, 0.15) is 59.8 Å². The molecule has 0 saturated heterocycles. The third-order valence-electron chi connectivity index (χ3n) is 4.72. The molecular formula is C14H29NO2. The molecule has 3 atom stereocenters. The second kappa shape index (κ2) is 4.87. The first kappa shape index (κ1) is 14.9. The van der Waals surface area contributed by atoms with E-state index in [0.29, 0.717) is 19.4 Å². The van der Waals surface area contributed by atoms with Gasteiger partial charge in [-0.05, 0) is 38.0 Å². The lowest BCUT2D eigenvalue weighted by Crippen LogP contribution is -2.55. The number of aliphatic hydroxyl groups excluding tert-OH is 1. The van der Waals surface area contributed by atoms with E-state index < -0.39 is 11.7 Å². The minimum Gasteiger partial charge on any atom is -0.392 e. The van der Waals surface area contributed by atoms with Crippen LogP contribution in [0.5, 0.6) is 0 Å². The van der Waals surface area contributed by atoms with Crippen LogP contribution in [0.4, 0.5) is 0 Å². The molecule has 3 unspecified atom stereocenters. The average molecular weight is 243 g/mol. The van der Waals surface area contributed by atoms with Crippen molar-refractivity contribution in [3.8, 4) is 0 Å². The first-order valence-electron chi connectivity index (χ1n) is 6.80. The Labute approximate surface area is 105 Å².